The van der Waals surface area contributed by atoms with E-state index in [1.54, 1.807) is 12.1 Å². The van der Waals surface area contributed by atoms with Crippen molar-refractivity contribution < 1.29 is 5.11 Å². The number of likely N-dealkylation sites (tertiary alicyclic amines) is 1. The molecule has 1 aliphatic heterocycles. The summed E-state index contributed by atoms with van der Waals surface area (Å²) in [7, 11) is 0. The van der Waals surface area contributed by atoms with E-state index in [0.717, 1.165) is 18.7 Å². The van der Waals surface area contributed by atoms with Crippen molar-refractivity contribution in [2.75, 3.05) is 19.6 Å². The first-order valence-corrected chi connectivity index (χ1v) is 6.52. The van der Waals surface area contributed by atoms with Crippen LogP contribution in [-0.4, -0.2) is 29.6 Å². The fourth-order valence-corrected chi connectivity index (χ4v) is 2.68. The maximum Gasteiger partial charge on any atom is 0.120 e. The molecule has 1 heterocycles. The first-order chi connectivity index (χ1) is 8.22. The van der Waals surface area contributed by atoms with Gasteiger partial charge >= 0.3 is 0 Å². The molecule has 1 unspecified atom stereocenters. The summed E-state index contributed by atoms with van der Waals surface area (Å²) in [5, 5.41) is 10.6. The van der Waals surface area contributed by atoms with Crippen LogP contribution in [0.3, 0.4) is 0 Å². The summed E-state index contributed by atoms with van der Waals surface area (Å²) in [6.07, 6.45) is 3.70. The average Bonchev–Trinajstić information content (AvgIpc) is 2.36. The fourth-order valence-electron chi connectivity index (χ4n) is 2.50. The Hall–Kier alpha value is -0.770. The third-order valence-electron chi connectivity index (χ3n) is 3.40. The zero-order valence-electron chi connectivity index (χ0n) is 9.90. The van der Waals surface area contributed by atoms with E-state index in [0.29, 0.717) is 11.6 Å². The number of rotatable bonds is 3. The lowest BCUT2D eigenvalue weighted by atomic mass is 10.0. The second-order valence-corrected chi connectivity index (χ2v) is 4.99. The van der Waals surface area contributed by atoms with Gasteiger partial charge in [0.25, 0.3) is 0 Å². The summed E-state index contributed by atoms with van der Waals surface area (Å²) in [5.41, 5.74) is 6.71. The first-order valence-electron chi connectivity index (χ1n) is 6.15. The van der Waals surface area contributed by atoms with Crippen LogP contribution in [0.2, 0.25) is 5.02 Å². The molecule has 0 aliphatic carbocycles. The summed E-state index contributed by atoms with van der Waals surface area (Å²) in [6.45, 7) is 2.61. The molecule has 1 aromatic rings. The highest BCUT2D eigenvalue weighted by Gasteiger charge is 2.23. The highest BCUT2D eigenvalue weighted by Crippen LogP contribution is 2.32. The maximum atomic E-state index is 9.93. The van der Waals surface area contributed by atoms with E-state index in [1.807, 2.05) is 6.07 Å². The number of hydrogen-bond acceptors (Lipinski definition) is 3. The van der Waals surface area contributed by atoms with Crippen LogP contribution in [0.15, 0.2) is 18.2 Å². The van der Waals surface area contributed by atoms with Crippen LogP contribution in [0.25, 0.3) is 0 Å². The molecule has 1 fully saturated rings. The van der Waals surface area contributed by atoms with Crippen LogP contribution >= 0.6 is 11.6 Å². The van der Waals surface area contributed by atoms with Crippen molar-refractivity contribution in [1.82, 2.24) is 4.90 Å². The van der Waals surface area contributed by atoms with Crippen LogP contribution < -0.4 is 5.73 Å². The normalized spacial score (nSPS) is 19.2. The van der Waals surface area contributed by atoms with E-state index in [1.165, 1.54) is 19.3 Å². The lowest BCUT2D eigenvalue weighted by Crippen LogP contribution is -2.37. The van der Waals surface area contributed by atoms with Crippen molar-refractivity contribution in [1.29, 1.82) is 0 Å². The van der Waals surface area contributed by atoms with Crippen molar-refractivity contribution in [3.8, 4) is 5.75 Å². The molecule has 1 aromatic carbocycles. The van der Waals surface area contributed by atoms with Gasteiger partial charge < -0.3 is 10.8 Å². The molecule has 3 N–H and O–H groups in total. The molecule has 4 heteroatoms. The van der Waals surface area contributed by atoms with E-state index >= 15 is 0 Å². The van der Waals surface area contributed by atoms with Gasteiger partial charge in [-0.1, -0.05) is 18.0 Å². The van der Waals surface area contributed by atoms with E-state index in [-0.39, 0.29) is 11.8 Å². The Morgan fingerprint density at radius 2 is 2.00 bits per heavy atom. The number of nitrogens with two attached hydrogens (primary N) is 1. The monoisotopic (exact) mass is 254 g/mol. The highest BCUT2D eigenvalue weighted by molar-refractivity contribution is 6.30. The molecular formula is C13H19ClN2O. The SMILES string of the molecule is NCC(c1cc(Cl)ccc1O)N1CCCCC1. The zero-order valence-corrected chi connectivity index (χ0v) is 10.7. The van der Waals surface area contributed by atoms with Gasteiger partial charge in [-0.2, -0.15) is 0 Å². The van der Waals surface area contributed by atoms with Gasteiger partial charge in [-0.25, -0.2) is 0 Å². The van der Waals surface area contributed by atoms with Gasteiger partial charge in [-0.3, -0.25) is 4.90 Å². The number of piperidine rings is 1. The number of phenols is 1. The van der Waals surface area contributed by atoms with Gasteiger partial charge in [0.15, 0.2) is 0 Å². The van der Waals surface area contributed by atoms with Crippen molar-refractivity contribution in [2.24, 2.45) is 5.73 Å². The molecule has 0 radical (unpaired) electrons. The Balaban J connectivity index is 2.24. The Bertz CT molecular complexity index is 378. The minimum atomic E-state index is 0.0778. The summed E-state index contributed by atoms with van der Waals surface area (Å²) >= 11 is 5.99. The lowest BCUT2D eigenvalue weighted by Gasteiger charge is -2.34. The van der Waals surface area contributed by atoms with E-state index in [4.69, 9.17) is 17.3 Å². The van der Waals surface area contributed by atoms with Crippen molar-refractivity contribution in [3.63, 3.8) is 0 Å². The third kappa shape index (κ3) is 2.92. The molecule has 0 saturated carbocycles. The van der Waals surface area contributed by atoms with E-state index in [9.17, 15) is 5.11 Å². The zero-order chi connectivity index (χ0) is 12.3. The Kier molecular flexibility index (Phi) is 4.26. The number of phenolic OH excluding ortho intramolecular Hbond substituents is 1. The van der Waals surface area contributed by atoms with Crippen LogP contribution in [0.5, 0.6) is 5.75 Å². The van der Waals surface area contributed by atoms with Gasteiger partial charge in [0.2, 0.25) is 0 Å². The first kappa shape index (κ1) is 12.7. The van der Waals surface area contributed by atoms with Crippen LogP contribution in [-0.2, 0) is 0 Å². The maximum absolute atomic E-state index is 9.93. The molecule has 17 heavy (non-hydrogen) atoms. The standard InChI is InChI=1S/C13H19ClN2O/c14-10-4-5-13(17)11(8-10)12(9-15)16-6-2-1-3-7-16/h4-5,8,12,17H,1-3,6-7,9,15H2. The van der Waals surface area contributed by atoms with Gasteiger partial charge in [-0.05, 0) is 44.1 Å². The quantitative estimate of drug-likeness (QED) is 0.872. The minimum absolute atomic E-state index is 0.0778. The Morgan fingerprint density at radius 3 is 2.65 bits per heavy atom. The van der Waals surface area contributed by atoms with Gasteiger partial charge in [0.05, 0.1) is 6.04 Å². The van der Waals surface area contributed by atoms with E-state index in [2.05, 4.69) is 4.90 Å². The van der Waals surface area contributed by atoms with Gasteiger partial charge in [0.1, 0.15) is 5.75 Å². The molecule has 0 bridgehead atoms. The summed E-state index contributed by atoms with van der Waals surface area (Å²) in [5.74, 6) is 0.287. The highest BCUT2D eigenvalue weighted by atomic mass is 35.5. The second kappa shape index (κ2) is 5.71. The van der Waals surface area contributed by atoms with Crippen LogP contribution in [0.1, 0.15) is 30.9 Å². The average molecular weight is 255 g/mol. The molecule has 1 aliphatic rings. The predicted molar refractivity (Wildman–Crippen MR) is 70.3 cm³/mol. The molecule has 3 nitrogen and oxygen atoms in total. The Morgan fingerprint density at radius 1 is 1.29 bits per heavy atom. The fraction of sp³-hybridized carbons (Fsp3) is 0.538. The van der Waals surface area contributed by atoms with Crippen molar-refractivity contribution in [3.05, 3.63) is 28.8 Å². The molecule has 0 amide bonds. The number of halogens is 1. The molecule has 2 rings (SSSR count). The predicted octanol–water partition coefficient (Wildman–Crippen LogP) is 2.53. The van der Waals surface area contributed by atoms with Gasteiger partial charge in [0, 0.05) is 17.1 Å². The molecule has 0 aromatic heterocycles. The molecule has 0 spiro atoms. The second-order valence-electron chi connectivity index (χ2n) is 4.55. The summed E-state index contributed by atoms with van der Waals surface area (Å²) in [6, 6.07) is 5.24. The van der Waals surface area contributed by atoms with Crippen molar-refractivity contribution in [2.45, 2.75) is 25.3 Å². The Labute approximate surface area is 107 Å². The topological polar surface area (TPSA) is 49.5 Å². The number of benzene rings is 1. The lowest BCUT2D eigenvalue weighted by molar-refractivity contribution is 0.165. The number of hydrogen-bond donors (Lipinski definition) is 2. The number of nitrogens with zero attached hydrogens (tertiary/aromatic N) is 1. The third-order valence-corrected chi connectivity index (χ3v) is 3.64. The minimum Gasteiger partial charge on any atom is -0.508 e. The summed E-state index contributed by atoms with van der Waals surface area (Å²) < 4.78 is 0. The molecular weight excluding hydrogens is 236 g/mol. The molecule has 1 saturated heterocycles. The molecule has 1 atom stereocenters. The molecule has 94 valence electrons. The van der Waals surface area contributed by atoms with E-state index < -0.39 is 0 Å². The van der Waals surface area contributed by atoms with Crippen LogP contribution in [0.4, 0.5) is 0 Å². The van der Waals surface area contributed by atoms with Gasteiger partial charge in [-0.15, -0.1) is 0 Å². The summed E-state index contributed by atoms with van der Waals surface area (Å²) in [4.78, 5) is 2.34. The number of aromatic hydroxyl groups is 1. The smallest absolute Gasteiger partial charge is 0.120 e. The van der Waals surface area contributed by atoms with Crippen molar-refractivity contribution >= 4 is 11.6 Å². The van der Waals surface area contributed by atoms with Crippen LogP contribution in [0, 0.1) is 0 Å². The largest absolute Gasteiger partial charge is 0.508 e.